The summed E-state index contributed by atoms with van der Waals surface area (Å²) in [5, 5.41) is -0.880. The Labute approximate surface area is 144 Å². The van der Waals surface area contributed by atoms with Gasteiger partial charge in [0, 0.05) is 13.1 Å². The van der Waals surface area contributed by atoms with E-state index in [0.717, 1.165) is 16.4 Å². The number of sulfonamides is 1. The molecule has 0 spiro atoms. The molecule has 1 fully saturated rings. The molecular weight excluding hydrogens is 372 g/mol. The predicted octanol–water partition coefficient (Wildman–Crippen LogP) is 2.20. The zero-order valence-electron chi connectivity index (χ0n) is 13.0. The lowest BCUT2D eigenvalue weighted by molar-refractivity contribution is 0.472. The molecule has 25 heavy (non-hydrogen) atoms. The van der Waals surface area contributed by atoms with Crippen LogP contribution in [-0.4, -0.2) is 39.5 Å². The third-order valence-corrected chi connectivity index (χ3v) is 8.20. The second-order valence-corrected chi connectivity index (χ2v) is 9.87. The summed E-state index contributed by atoms with van der Waals surface area (Å²) < 4.78 is 77.6. The molecule has 134 valence electrons. The molecule has 1 aliphatic heterocycles. The van der Waals surface area contributed by atoms with Crippen LogP contribution in [0.2, 0.25) is 0 Å². The number of hydrogen-bond donors (Lipinski definition) is 0. The van der Waals surface area contributed by atoms with Crippen molar-refractivity contribution in [1.29, 1.82) is 0 Å². The lowest BCUT2D eigenvalue weighted by Gasteiger charge is -2.17. The molecule has 0 amide bonds. The first-order valence-electron chi connectivity index (χ1n) is 7.47. The van der Waals surface area contributed by atoms with Crippen LogP contribution in [0.4, 0.5) is 8.78 Å². The maximum absolute atomic E-state index is 13.3. The highest BCUT2D eigenvalue weighted by Gasteiger charge is 2.39. The van der Waals surface area contributed by atoms with Crippen LogP contribution in [0.15, 0.2) is 58.3 Å². The van der Waals surface area contributed by atoms with Crippen LogP contribution in [0.5, 0.6) is 0 Å². The van der Waals surface area contributed by atoms with Crippen LogP contribution in [0.1, 0.15) is 6.42 Å². The van der Waals surface area contributed by atoms with E-state index in [-0.39, 0.29) is 24.4 Å². The smallest absolute Gasteiger partial charge is 0.223 e. The normalized spacial score (nSPS) is 19.2. The molecule has 0 aliphatic carbocycles. The van der Waals surface area contributed by atoms with Gasteiger partial charge in [-0.15, -0.1) is 0 Å². The van der Waals surface area contributed by atoms with Gasteiger partial charge in [0.05, 0.1) is 15.0 Å². The molecule has 1 aliphatic rings. The van der Waals surface area contributed by atoms with E-state index < -0.39 is 41.6 Å². The summed E-state index contributed by atoms with van der Waals surface area (Å²) >= 11 is 0. The van der Waals surface area contributed by atoms with Crippen molar-refractivity contribution >= 4 is 19.9 Å². The molecule has 2 aromatic carbocycles. The Morgan fingerprint density at radius 3 is 2.20 bits per heavy atom. The quantitative estimate of drug-likeness (QED) is 0.806. The Morgan fingerprint density at radius 2 is 1.56 bits per heavy atom. The number of rotatable bonds is 4. The molecule has 1 heterocycles. The molecule has 0 radical (unpaired) electrons. The topological polar surface area (TPSA) is 71.5 Å². The Balaban J connectivity index is 1.86. The summed E-state index contributed by atoms with van der Waals surface area (Å²) in [4.78, 5) is -0.267. The molecule has 1 unspecified atom stereocenters. The number of sulfone groups is 1. The Kier molecular flexibility index (Phi) is 4.65. The highest BCUT2D eigenvalue weighted by Crippen LogP contribution is 2.28. The fraction of sp³-hybridized carbons (Fsp3) is 0.250. The van der Waals surface area contributed by atoms with E-state index in [1.807, 2.05) is 0 Å². The second kappa shape index (κ2) is 6.47. The van der Waals surface area contributed by atoms with E-state index in [9.17, 15) is 25.6 Å². The lowest BCUT2D eigenvalue weighted by atomic mass is 10.3. The van der Waals surface area contributed by atoms with E-state index in [4.69, 9.17) is 0 Å². The highest BCUT2D eigenvalue weighted by molar-refractivity contribution is 7.92. The molecule has 0 aromatic heterocycles. The van der Waals surface area contributed by atoms with Crippen molar-refractivity contribution in [2.75, 3.05) is 13.1 Å². The fourth-order valence-electron chi connectivity index (χ4n) is 2.76. The minimum absolute atomic E-state index is 0.00193. The van der Waals surface area contributed by atoms with E-state index in [1.165, 1.54) is 12.1 Å². The zero-order chi connectivity index (χ0) is 18.2. The Bertz CT molecular complexity index is 992. The number of halogens is 2. The highest BCUT2D eigenvalue weighted by atomic mass is 32.2. The van der Waals surface area contributed by atoms with Crippen molar-refractivity contribution in [3.63, 3.8) is 0 Å². The van der Waals surface area contributed by atoms with Crippen LogP contribution in [0, 0.1) is 11.6 Å². The maximum Gasteiger partial charge on any atom is 0.243 e. The van der Waals surface area contributed by atoms with Crippen LogP contribution in [0.3, 0.4) is 0 Å². The third-order valence-electron chi connectivity index (χ3n) is 4.15. The van der Waals surface area contributed by atoms with Crippen molar-refractivity contribution in [3.8, 4) is 0 Å². The standard InChI is InChI=1S/C16H15F2NO4S2/c17-15-7-6-13(10-16(15)18)25(22,23)19-9-8-14(11-19)24(20,21)12-4-2-1-3-5-12/h1-7,10,14H,8-9,11H2. The van der Waals surface area contributed by atoms with Gasteiger partial charge in [-0.25, -0.2) is 25.6 Å². The zero-order valence-corrected chi connectivity index (χ0v) is 14.6. The van der Waals surface area contributed by atoms with E-state index >= 15 is 0 Å². The number of nitrogens with zero attached hydrogens (tertiary/aromatic N) is 1. The van der Waals surface area contributed by atoms with Crippen molar-refractivity contribution in [2.45, 2.75) is 21.5 Å². The van der Waals surface area contributed by atoms with Crippen LogP contribution >= 0.6 is 0 Å². The van der Waals surface area contributed by atoms with E-state index in [0.29, 0.717) is 6.07 Å². The number of hydrogen-bond acceptors (Lipinski definition) is 4. The van der Waals surface area contributed by atoms with Gasteiger partial charge in [-0.2, -0.15) is 4.31 Å². The largest absolute Gasteiger partial charge is 0.243 e. The summed E-state index contributed by atoms with van der Waals surface area (Å²) in [6.45, 7) is -0.226. The minimum Gasteiger partial charge on any atom is -0.223 e. The Hall–Kier alpha value is -1.84. The molecule has 0 saturated carbocycles. The second-order valence-electron chi connectivity index (χ2n) is 5.71. The van der Waals surface area contributed by atoms with Gasteiger partial charge in [0.2, 0.25) is 10.0 Å². The van der Waals surface area contributed by atoms with Crippen molar-refractivity contribution in [3.05, 3.63) is 60.2 Å². The summed E-state index contributed by atoms with van der Waals surface area (Å²) in [6, 6.07) is 10.1. The van der Waals surface area contributed by atoms with E-state index in [2.05, 4.69) is 0 Å². The first kappa shape index (κ1) is 18.0. The molecule has 0 N–H and O–H groups in total. The number of benzene rings is 2. The summed E-state index contributed by atoms with van der Waals surface area (Å²) in [6.07, 6.45) is 0.139. The molecule has 2 aromatic rings. The molecule has 1 saturated heterocycles. The molecule has 9 heteroatoms. The van der Waals surface area contributed by atoms with Gasteiger partial charge >= 0.3 is 0 Å². The lowest BCUT2D eigenvalue weighted by Crippen LogP contribution is -2.32. The molecule has 1 atom stereocenters. The SMILES string of the molecule is O=S(=O)(c1ccccc1)C1CCN(S(=O)(=O)c2ccc(F)c(F)c2)C1. The van der Waals surface area contributed by atoms with Crippen molar-refractivity contribution in [1.82, 2.24) is 4.31 Å². The first-order chi connectivity index (χ1) is 11.7. The fourth-order valence-corrected chi connectivity index (χ4v) is 6.08. The maximum atomic E-state index is 13.3. The van der Waals surface area contributed by atoms with Crippen LogP contribution < -0.4 is 0 Å². The van der Waals surface area contributed by atoms with Gasteiger partial charge in [0.1, 0.15) is 0 Å². The van der Waals surface area contributed by atoms with E-state index in [1.54, 1.807) is 18.2 Å². The summed E-state index contributed by atoms with van der Waals surface area (Å²) in [5.41, 5.74) is 0. The minimum atomic E-state index is -4.09. The van der Waals surface area contributed by atoms with Gasteiger partial charge < -0.3 is 0 Å². The van der Waals surface area contributed by atoms with Crippen LogP contribution in [-0.2, 0) is 19.9 Å². The van der Waals surface area contributed by atoms with Gasteiger partial charge in [0.25, 0.3) is 0 Å². The van der Waals surface area contributed by atoms with Crippen molar-refractivity contribution in [2.24, 2.45) is 0 Å². The predicted molar refractivity (Wildman–Crippen MR) is 87.1 cm³/mol. The average Bonchev–Trinajstić information content (AvgIpc) is 3.10. The molecule has 0 bridgehead atoms. The molecule has 3 rings (SSSR count). The Morgan fingerprint density at radius 1 is 0.880 bits per heavy atom. The van der Waals surface area contributed by atoms with Gasteiger partial charge in [0.15, 0.2) is 21.5 Å². The monoisotopic (exact) mass is 387 g/mol. The van der Waals surface area contributed by atoms with Gasteiger partial charge in [-0.05, 0) is 36.8 Å². The van der Waals surface area contributed by atoms with Gasteiger partial charge in [-0.3, -0.25) is 0 Å². The average molecular weight is 387 g/mol. The van der Waals surface area contributed by atoms with Crippen LogP contribution in [0.25, 0.3) is 0 Å². The molecule has 5 nitrogen and oxygen atoms in total. The third kappa shape index (κ3) is 3.31. The molecular formula is C16H15F2NO4S2. The summed E-state index contributed by atoms with van der Waals surface area (Å²) in [5.74, 6) is -2.42. The summed E-state index contributed by atoms with van der Waals surface area (Å²) in [7, 11) is -7.76. The first-order valence-corrected chi connectivity index (χ1v) is 10.5. The van der Waals surface area contributed by atoms with Gasteiger partial charge in [-0.1, -0.05) is 18.2 Å². The van der Waals surface area contributed by atoms with Crippen molar-refractivity contribution < 1.29 is 25.6 Å².